The van der Waals surface area contributed by atoms with Crippen molar-refractivity contribution in [2.75, 3.05) is 13.2 Å². The Bertz CT molecular complexity index is 398. The second kappa shape index (κ2) is 7.61. The number of aryl methyl sites for hydroxylation is 1. The zero-order valence-electron chi connectivity index (χ0n) is 10.6. The fraction of sp³-hybridized carbons (Fsp3) is 0.429. The van der Waals surface area contributed by atoms with Crippen LogP contribution in [0.3, 0.4) is 0 Å². The summed E-state index contributed by atoms with van der Waals surface area (Å²) in [6.07, 6.45) is 0.948. The molecule has 1 rings (SSSR count). The predicted molar refractivity (Wildman–Crippen MR) is 69.5 cm³/mol. The van der Waals surface area contributed by atoms with Gasteiger partial charge in [0.25, 0.3) is 0 Å². The molecule has 0 aromatic heterocycles. The molecule has 0 radical (unpaired) electrons. The van der Waals surface area contributed by atoms with Crippen LogP contribution in [-0.2, 0) is 4.79 Å². The first-order valence-corrected chi connectivity index (χ1v) is 6.11. The normalized spacial score (nSPS) is 10.1. The van der Waals surface area contributed by atoms with E-state index < -0.39 is 0 Å². The molecule has 1 aromatic rings. The van der Waals surface area contributed by atoms with Crippen molar-refractivity contribution in [3.8, 4) is 0 Å². The Morgan fingerprint density at radius 3 is 2.44 bits per heavy atom. The van der Waals surface area contributed by atoms with Gasteiger partial charge in [0.2, 0.25) is 5.91 Å². The zero-order chi connectivity index (χ0) is 13.4. The first-order chi connectivity index (χ1) is 8.63. The van der Waals surface area contributed by atoms with E-state index in [0.717, 1.165) is 5.56 Å². The van der Waals surface area contributed by atoms with Gasteiger partial charge in [0, 0.05) is 31.6 Å². The van der Waals surface area contributed by atoms with Crippen LogP contribution in [0.5, 0.6) is 0 Å². The summed E-state index contributed by atoms with van der Waals surface area (Å²) in [7, 11) is 0. The van der Waals surface area contributed by atoms with Gasteiger partial charge in [-0.25, -0.2) is 0 Å². The van der Waals surface area contributed by atoms with E-state index in [1.54, 1.807) is 12.1 Å². The summed E-state index contributed by atoms with van der Waals surface area (Å²) in [5.74, 6) is -0.170. The van der Waals surface area contributed by atoms with E-state index in [4.69, 9.17) is 5.11 Å². The van der Waals surface area contributed by atoms with Gasteiger partial charge < -0.3 is 10.4 Å². The van der Waals surface area contributed by atoms with Crippen molar-refractivity contribution < 1.29 is 14.7 Å². The summed E-state index contributed by atoms with van der Waals surface area (Å²) >= 11 is 0. The van der Waals surface area contributed by atoms with Crippen LogP contribution in [0.2, 0.25) is 0 Å². The van der Waals surface area contributed by atoms with Crippen LogP contribution in [-0.4, -0.2) is 29.9 Å². The maximum atomic E-state index is 11.8. The minimum absolute atomic E-state index is 0.0210. The molecular formula is C14H19NO3. The fourth-order valence-electron chi connectivity index (χ4n) is 1.51. The molecule has 4 heteroatoms. The fourth-order valence-corrected chi connectivity index (χ4v) is 1.51. The molecule has 0 aliphatic rings. The number of carbonyl (C=O) groups excluding carboxylic acids is 2. The van der Waals surface area contributed by atoms with E-state index >= 15 is 0 Å². The van der Waals surface area contributed by atoms with E-state index in [-0.39, 0.29) is 31.1 Å². The van der Waals surface area contributed by atoms with Crippen LogP contribution in [0.4, 0.5) is 0 Å². The van der Waals surface area contributed by atoms with Crippen LogP contribution in [0, 0.1) is 6.92 Å². The van der Waals surface area contributed by atoms with E-state index in [9.17, 15) is 9.59 Å². The van der Waals surface area contributed by atoms with Gasteiger partial charge in [-0.1, -0.05) is 29.8 Å². The first kappa shape index (κ1) is 14.4. The molecule has 0 aliphatic carbocycles. The average Bonchev–Trinajstić information content (AvgIpc) is 2.37. The molecule has 0 heterocycles. The number of carbonyl (C=O) groups is 2. The monoisotopic (exact) mass is 249 g/mol. The maximum absolute atomic E-state index is 11.8. The number of nitrogens with one attached hydrogen (secondary N) is 1. The molecule has 0 spiro atoms. The van der Waals surface area contributed by atoms with Crippen molar-refractivity contribution in [1.82, 2.24) is 5.32 Å². The van der Waals surface area contributed by atoms with E-state index in [2.05, 4.69) is 5.32 Å². The van der Waals surface area contributed by atoms with Crippen molar-refractivity contribution in [2.24, 2.45) is 0 Å². The van der Waals surface area contributed by atoms with E-state index in [1.165, 1.54) is 0 Å². The van der Waals surface area contributed by atoms with Gasteiger partial charge in [-0.15, -0.1) is 0 Å². The van der Waals surface area contributed by atoms with Crippen molar-refractivity contribution >= 4 is 11.7 Å². The zero-order valence-corrected chi connectivity index (χ0v) is 10.6. The molecule has 18 heavy (non-hydrogen) atoms. The Hall–Kier alpha value is -1.68. The largest absolute Gasteiger partial charge is 0.396 e. The molecule has 0 saturated heterocycles. The van der Waals surface area contributed by atoms with E-state index in [1.807, 2.05) is 19.1 Å². The lowest BCUT2D eigenvalue weighted by Crippen LogP contribution is -2.25. The summed E-state index contributed by atoms with van der Waals surface area (Å²) < 4.78 is 0. The minimum Gasteiger partial charge on any atom is -0.396 e. The molecule has 4 nitrogen and oxygen atoms in total. The number of rotatable bonds is 7. The van der Waals surface area contributed by atoms with Gasteiger partial charge in [0.1, 0.15) is 0 Å². The Labute approximate surface area is 107 Å². The van der Waals surface area contributed by atoms with Gasteiger partial charge in [-0.3, -0.25) is 9.59 Å². The summed E-state index contributed by atoms with van der Waals surface area (Å²) in [4.78, 5) is 23.1. The molecule has 0 aliphatic heterocycles. The highest BCUT2D eigenvalue weighted by molar-refractivity contribution is 5.97. The molecule has 98 valence electrons. The quantitative estimate of drug-likeness (QED) is 0.568. The molecular weight excluding hydrogens is 230 g/mol. The topological polar surface area (TPSA) is 66.4 Å². The van der Waals surface area contributed by atoms with Gasteiger partial charge in [-0.2, -0.15) is 0 Å². The van der Waals surface area contributed by atoms with Gasteiger partial charge >= 0.3 is 0 Å². The van der Waals surface area contributed by atoms with Crippen LogP contribution < -0.4 is 5.32 Å². The summed E-state index contributed by atoms with van der Waals surface area (Å²) in [6, 6.07) is 7.33. The molecule has 0 atom stereocenters. The molecule has 0 saturated carbocycles. The Kier molecular flexibility index (Phi) is 6.08. The highest BCUT2D eigenvalue weighted by atomic mass is 16.3. The van der Waals surface area contributed by atoms with Gasteiger partial charge in [0.15, 0.2) is 5.78 Å². The highest BCUT2D eigenvalue weighted by Gasteiger charge is 2.08. The Balaban J connectivity index is 2.32. The number of hydrogen-bond acceptors (Lipinski definition) is 3. The number of hydrogen-bond donors (Lipinski definition) is 2. The highest BCUT2D eigenvalue weighted by Crippen LogP contribution is 2.07. The summed E-state index contributed by atoms with van der Waals surface area (Å²) in [6.45, 7) is 2.47. The van der Waals surface area contributed by atoms with Gasteiger partial charge in [-0.05, 0) is 13.3 Å². The van der Waals surface area contributed by atoms with Crippen molar-refractivity contribution in [3.63, 3.8) is 0 Å². The number of aliphatic hydroxyl groups excluding tert-OH is 1. The first-order valence-electron chi connectivity index (χ1n) is 6.11. The molecule has 0 fully saturated rings. The predicted octanol–water partition coefficient (Wildman–Crippen LogP) is 1.46. The number of amides is 1. The second-order valence-electron chi connectivity index (χ2n) is 4.22. The SMILES string of the molecule is Cc1ccc(C(=O)CCC(=O)NCCCO)cc1. The average molecular weight is 249 g/mol. The van der Waals surface area contributed by atoms with Crippen LogP contribution in [0.1, 0.15) is 35.2 Å². The van der Waals surface area contributed by atoms with Crippen molar-refractivity contribution in [3.05, 3.63) is 35.4 Å². The van der Waals surface area contributed by atoms with Gasteiger partial charge in [0.05, 0.1) is 0 Å². The third-order valence-electron chi connectivity index (χ3n) is 2.61. The third-order valence-corrected chi connectivity index (χ3v) is 2.61. The second-order valence-corrected chi connectivity index (χ2v) is 4.22. The third kappa shape index (κ3) is 5.10. The Morgan fingerprint density at radius 1 is 1.17 bits per heavy atom. The molecule has 0 bridgehead atoms. The van der Waals surface area contributed by atoms with Crippen LogP contribution in [0.15, 0.2) is 24.3 Å². The standard InChI is InChI=1S/C14H19NO3/c1-11-3-5-12(6-4-11)13(17)7-8-14(18)15-9-2-10-16/h3-6,16H,2,7-10H2,1H3,(H,15,18). The number of ketones is 1. The summed E-state index contributed by atoms with van der Waals surface area (Å²) in [5, 5.41) is 11.2. The lowest BCUT2D eigenvalue weighted by atomic mass is 10.1. The number of benzene rings is 1. The number of Topliss-reactive ketones (excluding diaryl/α,β-unsaturated/α-hetero) is 1. The molecule has 2 N–H and O–H groups in total. The van der Waals surface area contributed by atoms with E-state index in [0.29, 0.717) is 18.5 Å². The molecule has 0 unspecified atom stereocenters. The lowest BCUT2D eigenvalue weighted by Gasteiger charge is -2.04. The molecule has 1 aromatic carbocycles. The maximum Gasteiger partial charge on any atom is 0.220 e. The number of aliphatic hydroxyl groups is 1. The minimum atomic E-state index is -0.149. The smallest absolute Gasteiger partial charge is 0.220 e. The van der Waals surface area contributed by atoms with Crippen molar-refractivity contribution in [2.45, 2.75) is 26.2 Å². The summed E-state index contributed by atoms with van der Waals surface area (Å²) in [5.41, 5.74) is 1.75. The van der Waals surface area contributed by atoms with Crippen LogP contribution >= 0.6 is 0 Å². The van der Waals surface area contributed by atoms with Crippen LogP contribution in [0.25, 0.3) is 0 Å². The molecule has 1 amide bonds. The lowest BCUT2D eigenvalue weighted by molar-refractivity contribution is -0.121. The Morgan fingerprint density at radius 2 is 1.83 bits per heavy atom. The van der Waals surface area contributed by atoms with Crippen molar-refractivity contribution in [1.29, 1.82) is 0 Å².